The van der Waals surface area contributed by atoms with Crippen LogP contribution in [-0.2, 0) is 11.3 Å². The second-order valence-electron chi connectivity index (χ2n) is 5.85. The zero-order chi connectivity index (χ0) is 19.1. The van der Waals surface area contributed by atoms with Gasteiger partial charge in [0.25, 0.3) is 11.5 Å². The van der Waals surface area contributed by atoms with Crippen molar-refractivity contribution < 1.29 is 9.21 Å². The number of nitrogens with zero attached hydrogens (tertiary/aromatic N) is 3. The monoisotopic (exact) mass is 417 g/mol. The van der Waals surface area contributed by atoms with Gasteiger partial charge in [0.1, 0.15) is 20.9 Å². The number of aryl methyl sites for hydroxylation is 1. The molecular formula is C18H12ClN3O3S2. The van der Waals surface area contributed by atoms with E-state index < -0.39 is 0 Å². The average Bonchev–Trinajstić information content (AvgIpc) is 3.24. The van der Waals surface area contributed by atoms with E-state index in [4.69, 9.17) is 28.2 Å². The average molecular weight is 418 g/mol. The van der Waals surface area contributed by atoms with E-state index in [0.29, 0.717) is 20.6 Å². The van der Waals surface area contributed by atoms with E-state index in [9.17, 15) is 9.59 Å². The highest BCUT2D eigenvalue weighted by Crippen LogP contribution is 2.34. The number of thioether (sulfide) groups is 1. The molecule has 9 heteroatoms. The molecule has 1 aliphatic heterocycles. The summed E-state index contributed by atoms with van der Waals surface area (Å²) in [6.07, 6.45) is 4.60. The van der Waals surface area contributed by atoms with Crippen molar-refractivity contribution in [3.63, 3.8) is 0 Å². The number of hydrogen-bond acceptors (Lipinski definition) is 6. The molecule has 4 heterocycles. The molecule has 136 valence electrons. The van der Waals surface area contributed by atoms with E-state index in [-0.39, 0.29) is 28.7 Å². The summed E-state index contributed by atoms with van der Waals surface area (Å²) in [4.78, 5) is 31.6. The van der Waals surface area contributed by atoms with Gasteiger partial charge in [-0.25, -0.2) is 4.98 Å². The smallest absolute Gasteiger partial charge is 0.266 e. The molecule has 1 saturated heterocycles. The highest BCUT2D eigenvalue weighted by atomic mass is 35.5. The minimum Gasteiger partial charge on any atom is -0.467 e. The number of hydrogen-bond donors (Lipinski definition) is 0. The van der Waals surface area contributed by atoms with E-state index >= 15 is 0 Å². The lowest BCUT2D eigenvalue weighted by atomic mass is 10.2. The fraction of sp³-hybridized carbons (Fsp3) is 0.111. The molecule has 0 N–H and O–H groups in total. The van der Waals surface area contributed by atoms with Gasteiger partial charge in [0.05, 0.1) is 23.3 Å². The van der Waals surface area contributed by atoms with Crippen LogP contribution >= 0.6 is 35.6 Å². The van der Waals surface area contributed by atoms with Crippen LogP contribution in [0, 0.1) is 6.92 Å². The minimum absolute atomic E-state index is 0.0469. The molecule has 3 aromatic rings. The summed E-state index contributed by atoms with van der Waals surface area (Å²) in [6, 6.07) is 7.11. The van der Waals surface area contributed by atoms with Crippen LogP contribution < -0.4 is 5.56 Å². The molecule has 0 radical (unpaired) electrons. The van der Waals surface area contributed by atoms with Gasteiger partial charge in [-0.1, -0.05) is 41.6 Å². The maximum Gasteiger partial charge on any atom is 0.266 e. The number of thiocarbonyl (C=S) groups is 1. The molecule has 1 amide bonds. The third-order valence-electron chi connectivity index (χ3n) is 4.08. The second kappa shape index (κ2) is 6.95. The Bertz CT molecular complexity index is 1170. The van der Waals surface area contributed by atoms with Crippen molar-refractivity contribution in [2.75, 3.05) is 0 Å². The maximum atomic E-state index is 12.8. The molecule has 3 aromatic heterocycles. The van der Waals surface area contributed by atoms with Gasteiger partial charge in [0.15, 0.2) is 0 Å². The molecule has 1 aliphatic rings. The maximum absolute atomic E-state index is 12.8. The van der Waals surface area contributed by atoms with Crippen molar-refractivity contribution >= 4 is 57.5 Å². The Balaban J connectivity index is 1.75. The molecule has 4 rings (SSSR count). The topological polar surface area (TPSA) is 67.8 Å². The van der Waals surface area contributed by atoms with Crippen LogP contribution in [-0.4, -0.2) is 24.5 Å². The quantitative estimate of drug-likeness (QED) is 0.368. The molecule has 0 saturated carbocycles. The van der Waals surface area contributed by atoms with Crippen LogP contribution in [0.1, 0.15) is 16.9 Å². The zero-order valence-electron chi connectivity index (χ0n) is 14.0. The summed E-state index contributed by atoms with van der Waals surface area (Å²) in [5, 5.41) is 0.0469. The van der Waals surface area contributed by atoms with Crippen molar-refractivity contribution in [3.8, 4) is 0 Å². The zero-order valence-corrected chi connectivity index (χ0v) is 16.4. The van der Waals surface area contributed by atoms with Gasteiger partial charge >= 0.3 is 0 Å². The molecule has 6 nitrogen and oxygen atoms in total. The Kier molecular flexibility index (Phi) is 4.63. The van der Waals surface area contributed by atoms with Gasteiger partial charge in [-0.2, -0.15) is 0 Å². The second-order valence-corrected chi connectivity index (χ2v) is 7.89. The molecule has 0 bridgehead atoms. The van der Waals surface area contributed by atoms with Crippen LogP contribution in [0.2, 0.25) is 5.15 Å². The predicted octanol–water partition coefficient (Wildman–Crippen LogP) is 3.65. The fourth-order valence-electron chi connectivity index (χ4n) is 2.73. The molecule has 0 unspecified atom stereocenters. The Morgan fingerprint density at radius 2 is 2.15 bits per heavy atom. The highest BCUT2D eigenvalue weighted by Gasteiger charge is 2.33. The summed E-state index contributed by atoms with van der Waals surface area (Å²) in [5.74, 6) is 0.319. The molecule has 0 atom stereocenters. The first-order chi connectivity index (χ1) is 13.0. The van der Waals surface area contributed by atoms with Crippen LogP contribution in [0.15, 0.2) is 50.8 Å². The Morgan fingerprint density at radius 3 is 2.89 bits per heavy atom. The Hall–Kier alpha value is -2.42. The number of carbonyl (C=O) groups excluding carboxylic acids is 1. The Labute approximate surface area is 168 Å². The van der Waals surface area contributed by atoms with Gasteiger partial charge in [0.2, 0.25) is 0 Å². The summed E-state index contributed by atoms with van der Waals surface area (Å²) in [5.41, 5.74) is 1.12. The number of rotatable bonds is 3. The van der Waals surface area contributed by atoms with Crippen molar-refractivity contribution in [1.29, 1.82) is 0 Å². The largest absolute Gasteiger partial charge is 0.467 e. The van der Waals surface area contributed by atoms with Gasteiger partial charge in [0, 0.05) is 6.20 Å². The summed E-state index contributed by atoms with van der Waals surface area (Å²) in [7, 11) is 0. The van der Waals surface area contributed by atoms with E-state index in [2.05, 4.69) is 4.98 Å². The van der Waals surface area contributed by atoms with Gasteiger partial charge in [-0.3, -0.25) is 18.9 Å². The summed E-state index contributed by atoms with van der Waals surface area (Å²) >= 11 is 12.7. The van der Waals surface area contributed by atoms with Gasteiger partial charge < -0.3 is 4.42 Å². The first-order valence-electron chi connectivity index (χ1n) is 7.91. The van der Waals surface area contributed by atoms with Crippen molar-refractivity contribution in [1.82, 2.24) is 14.3 Å². The molecule has 27 heavy (non-hydrogen) atoms. The lowest BCUT2D eigenvalue weighted by molar-refractivity contribution is -0.122. The van der Waals surface area contributed by atoms with Gasteiger partial charge in [-0.15, -0.1) is 0 Å². The van der Waals surface area contributed by atoms with Crippen molar-refractivity contribution in [2.45, 2.75) is 13.5 Å². The predicted molar refractivity (Wildman–Crippen MR) is 109 cm³/mol. The molecule has 0 aromatic carbocycles. The summed E-state index contributed by atoms with van der Waals surface area (Å²) in [6.45, 7) is 2.08. The number of aromatic nitrogens is 2. The molecule has 1 fully saturated rings. The number of amides is 1. The van der Waals surface area contributed by atoms with E-state index in [1.165, 1.54) is 21.6 Å². The fourth-order valence-corrected chi connectivity index (χ4v) is 4.19. The lowest BCUT2D eigenvalue weighted by Crippen LogP contribution is -2.27. The van der Waals surface area contributed by atoms with Crippen LogP contribution in [0.4, 0.5) is 0 Å². The minimum atomic E-state index is -0.343. The SMILES string of the molecule is Cc1cccn2c(=O)c(/C=C3\SC(=S)N(Cc4ccco4)C3=O)c(Cl)nc12. The van der Waals surface area contributed by atoms with Crippen LogP contribution in [0.25, 0.3) is 11.7 Å². The van der Waals surface area contributed by atoms with Crippen molar-refractivity contribution in [3.05, 3.63) is 74.0 Å². The first-order valence-corrected chi connectivity index (χ1v) is 9.51. The van der Waals surface area contributed by atoms with Crippen LogP contribution in [0.5, 0.6) is 0 Å². The highest BCUT2D eigenvalue weighted by molar-refractivity contribution is 8.26. The Morgan fingerprint density at radius 1 is 1.33 bits per heavy atom. The standard InChI is InChI=1S/C18H12ClN3O3S2/c1-10-4-2-6-21-15(10)20-14(19)12(16(21)23)8-13-17(24)22(18(26)27-13)9-11-5-3-7-25-11/h2-8H,9H2,1H3/b13-8-. The normalized spacial score (nSPS) is 16.1. The molecule has 0 aliphatic carbocycles. The number of pyridine rings is 1. The number of furan rings is 1. The third-order valence-corrected chi connectivity index (χ3v) is 5.75. The van der Waals surface area contributed by atoms with E-state index in [1.807, 2.05) is 13.0 Å². The lowest BCUT2D eigenvalue weighted by Gasteiger charge is -2.12. The first kappa shape index (κ1) is 18.0. The van der Waals surface area contributed by atoms with Crippen LogP contribution in [0.3, 0.4) is 0 Å². The summed E-state index contributed by atoms with van der Waals surface area (Å²) < 4.78 is 7.08. The third kappa shape index (κ3) is 3.20. The molecule has 0 spiro atoms. The number of fused-ring (bicyclic) bond motifs is 1. The molecular weight excluding hydrogens is 406 g/mol. The van der Waals surface area contributed by atoms with Crippen molar-refractivity contribution in [2.24, 2.45) is 0 Å². The van der Waals surface area contributed by atoms with E-state index in [1.54, 1.807) is 24.4 Å². The van der Waals surface area contributed by atoms with Gasteiger partial charge in [-0.05, 0) is 36.8 Å². The van der Waals surface area contributed by atoms with E-state index in [0.717, 1.165) is 17.3 Å². The number of carbonyl (C=O) groups is 1. The number of halogens is 1.